The van der Waals surface area contributed by atoms with E-state index in [4.69, 9.17) is 26.4 Å². The van der Waals surface area contributed by atoms with E-state index in [-0.39, 0.29) is 28.4 Å². The molecule has 0 spiro atoms. The molecule has 8 nitrogen and oxygen atoms in total. The number of ether oxygens (including phenoxy) is 3. The second-order valence-corrected chi connectivity index (χ2v) is 5.56. The van der Waals surface area contributed by atoms with Gasteiger partial charge in [0.05, 0.1) is 31.2 Å². The van der Waals surface area contributed by atoms with Gasteiger partial charge in [-0.05, 0) is 18.3 Å². The highest BCUT2D eigenvalue weighted by molar-refractivity contribution is 7.80. The largest absolute Gasteiger partial charge is 0.493 e. The van der Waals surface area contributed by atoms with Crippen molar-refractivity contribution in [1.29, 1.82) is 5.26 Å². The van der Waals surface area contributed by atoms with Gasteiger partial charge in [-0.3, -0.25) is 9.59 Å². The van der Waals surface area contributed by atoms with E-state index in [0.717, 1.165) is 0 Å². The van der Waals surface area contributed by atoms with Crippen LogP contribution in [0.25, 0.3) is 10.9 Å². The van der Waals surface area contributed by atoms with Gasteiger partial charge in [0.2, 0.25) is 0 Å². The summed E-state index contributed by atoms with van der Waals surface area (Å²) in [6.07, 6.45) is 0. The van der Waals surface area contributed by atoms with Crippen LogP contribution in [0.2, 0.25) is 0 Å². The summed E-state index contributed by atoms with van der Waals surface area (Å²) in [5.41, 5.74) is -0.225. The Morgan fingerprint density at radius 3 is 2.56 bits per heavy atom. The molecular formula is C16H15N3O5S. The van der Waals surface area contributed by atoms with Crippen LogP contribution in [0.3, 0.4) is 0 Å². The maximum atomic E-state index is 12.3. The molecule has 0 radical (unpaired) electrons. The third kappa shape index (κ3) is 3.92. The first-order valence-corrected chi connectivity index (χ1v) is 7.53. The third-order valence-corrected chi connectivity index (χ3v) is 3.49. The van der Waals surface area contributed by atoms with Crippen LogP contribution in [-0.4, -0.2) is 41.6 Å². The lowest BCUT2D eigenvalue weighted by molar-refractivity contribution is -0.121. The first kappa shape index (κ1) is 18.4. The molecule has 130 valence electrons. The smallest absolute Gasteiger partial charge is 0.258 e. The molecule has 25 heavy (non-hydrogen) atoms. The number of Topliss-reactive ketones (excluding diaryl/α,β-unsaturated/α-hetero) is 1. The topological polar surface area (TPSA) is 114 Å². The van der Waals surface area contributed by atoms with E-state index in [9.17, 15) is 14.9 Å². The van der Waals surface area contributed by atoms with Gasteiger partial charge in [0.25, 0.3) is 5.56 Å². The van der Waals surface area contributed by atoms with Crippen molar-refractivity contribution in [2.24, 2.45) is 0 Å². The highest BCUT2D eigenvalue weighted by Crippen LogP contribution is 2.30. The van der Waals surface area contributed by atoms with Crippen LogP contribution in [0, 0.1) is 11.3 Å². The maximum absolute atomic E-state index is 12.3. The molecule has 0 saturated heterocycles. The van der Waals surface area contributed by atoms with Crippen LogP contribution in [-0.2, 0) is 9.53 Å². The number of hydrogen-bond donors (Lipinski definition) is 1. The highest BCUT2D eigenvalue weighted by Gasteiger charge is 2.24. The van der Waals surface area contributed by atoms with Gasteiger partial charge in [-0.2, -0.15) is 5.26 Å². The van der Waals surface area contributed by atoms with Crippen molar-refractivity contribution in [2.45, 2.75) is 12.8 Å². The quantitative estimate of drug-likeness (QED) is 0.770. The maximum Gasteiger partial charge on any atom is 0.258 e. The number of ketones is 1. The molecule has 0 fully saturated rings. The molecule has 0 aliphatic heterocycles. The second kappa shape index (κ2) is 7.72. The number of benzene rings is 1. The molecule has 1 aromatic heterocycles. The molecule has 2 rings (SSSR count). The molecule has 0 aliphatic rings. The van der Waals surface area contributed by atoms with Crippen molar-refractivity contribution in [1.82, 2.24) is 9.97 Å². The van der Waals surface area contributed by atoms with E-state index in [1.165, 1.54) is 33.3 Å². The van der Waals surface area contributed by atoms with Crippen LogP contribution < -0.4 is 15.0 Å². The lowest BCUT2D eigenvalue weighted by atomic mass is 10.1. The number of carbonyl (C=O) groups excluding carboxylic acids is 1. The molecule has 1 unspecified atom stereocenters. The third-order valence-electron chi connectivity index (χ3n) is 3.37. The van der Waals surface area contributed by atoms with Gasteiger partial charge in [-0.1, -0.05) is 0 Å². The van der Waals surface area contributed by atoms with Crippen molar-refractivity contribution < 1.29 is 19.0 Å². The minimum absolute atomic E-state index is 0.0668. The number of aromatic amines is 1. The van der Waals surface area contributed by atoms with E-state index >= 15 is 0 Å². The van der Waals surface area contributed by atoms with Crippen LogP contribution in [0.1, 0.15) is 18.7 Å². The number of methoxy groups -OCH3 is 2. The molecule has 0 bridgehead atoms. The SMILES string of the molecule is COc1cc2nc(C(C#N)C(=O)COC(C)=S)[nH]c(=O)c2cc1OC. The van der Waals surface area contributed by atoms with E-state index in [0.29, 0.717) is 11.5 Å². The molecule has 0 aliphatic carbocycles. The minimum Gasteiger partial charge on any atom is -0.493 e. The summed E-state index contributed by atoms with van der Waals surface area (Å²) >= 11 is 4.73. The Hall–Kier alpha value is -2.99. The predicted molar refractivity (Wildman–Crippen MR) is 93.1 cm³/mol. The highest BCUT2D eigenvalue weighted by atomic mass is 32.1. The molecular weight excluding hydrogens is 346 g/mol. The van der Waals surface area contributed by atoms with Gasteiger partial charge in [0.15, 0.2) is 28.3 Å². The zero-order valence-electron chi connectivity index (χ0n) is 13.8. The number of thiocarbonyl (C=S) groups is 1. The Morgan fingerprint density at radius 2 is 2.00 bits per heavy atom. The molecule has 9 heteroatoms. The summed E-state index contributed by atoms with van der Waals surface area (Å²) in [7, 11) is 2.90. The summed E-state index contributed by atoms with van der Waals surface area (Å²) in [6, 6.07) is 4.80. The number of hydrogen-bond acceptors (Lipinski definition) is 8. The number of nitrogens with one attached hydrogen (secondary N) is 1. The summed E-state index contributed by atoms with van der Waals surface area (Å²) in [4.78, 5) is 31.1. The predicted octanol–water partition coefficient (Wildman–Crippen LogP) is 1.48. The monoisotopic (exact) mass is 361 g/mol. The van der Waals surface area contributed by atoms with Gasteiger partial charge in [0.1, 0.15) is 12.4 Å². The normalized spacial score (nSPS) is 11.4. The van der Waals surface area contributed by atoms with Crippen LogP contribution in [0.15, 0.2) is 16.9 Å². The fourth-order valence-electron chi connectivity index (χ4n) is 2.16. The molecule has 1 aromatic carbocycles. The van der Waals surface area contributed by atoms with Crippen molar-refractivity contribution in [2.75, 3.05) is 20.8 Å². The number of fused-ring (bicyclic) bond motifs is 1. The van der Waals surface area contributed by atoms with Gasteiger partial charge >= 0.3 is 0 Å². The molecule has 0 amide bonds. The fraction of sp³-hybridized carbons (Fsp3) is 0.312. The van der Waals surface area contributed by atoms with E-state index < -0.39 is 17.3 Å². The van der Waals surface area contributed by atoms with Crippen molar-refractivity contribution in [3.63, 3.8) is 0 Å². The van der Waals surface area contributed by atoms with Crippen molar-refractivity contribution in [3.05, 3.63) is 28.3 Å². The Labute approximate surface area is 148 Å². The second-order valence-electron chi connectivity index (χ2n) is 4.98. The van der Waals surface area contributed by atoms with E-state index in [1.807, 2.05) is 6.07 Å². The lowest BCUT2D eigenvalue weighted by Crippen LogP contribution is -2.23. The van der Waals surface area contributed by atoms with Crippen molar-refractivity contribution >= 4 is 34.0 Å². The number of H-pyrrole nitrogens is 1. The van der Waals surface area contributed by atoms with Gasteiger partial charge in [0, 0.05) is 13.0 Å². The number of nitriles is 1. The Morgan fingerprint density at radius 1 is 1.36 bits per heavy atom. The standard InChI is InChI=1S/C16H15N3O5S/c1-8(25)24-7-12(20)10(6-17)15-18-11-5-14(23-3)13(22-2)4-9(11)16(21)19-15/h4-5,10H,7H2,1-3H3,(H,18,19,21). The zero-order chi connectivity index (χ0) is 18.6. The van der Waals surface area contributed by atoms with Crippen LogP contribution in [0.5, 0.6) is 11.5 Å². The fourth-order valence-corrected chi connectivity index (χ4v) is 2.22. The number of nitrogens with zero attached hydrogens (tertiary/aromatic N) is 2. The summed E-state index contributed by atoms with van der Waals surface area (Å²) in [5, 5.41) is 9.72. The first-order valence-electron chi connectivity index (χ1n) is 7.13. The van der Waals surface area contributed by atoms with Gasteiger partial charge in [-0.25, -0.2) is 4.98 Å². The van der Waals surface area contributed by atoms with Crippen molar-refractivity contribution in [3.8, 4) is 17.6 Å². The van der Waals surface area contributed by atoms with Gasteiger partial charge < -0.3 is 19.2 Å². The molecule has 1 atom stereocenters. The Kier molecular flexibility index (Phi) is 5.67. The van der Waals surface area contributed by atoms with E-state index in [1.54, 1.807) is 0 Å². The van der Waals surface area contributed by atoms with Gasteiger partial charge in [-0.15, -0.1) is 0 Å². The number of rotatable bonds is 6. The molecule has 2 aromatic rings. The van der Waals surface area contributed by atoms with Crippen LogP contribution >= 0.6 is 12.2 Å². The molecule has 1 N–H and O–H groups in total. The Balaban J connectivity index is 2.51. The first-order chi connectivity index (χ1) is 11.9. The van der Waals surface area contributed by atoms with Crippen LogP contribution in [0.4, 0.5) is 0 Å². The molecule has 1 heterocycles. The minimum atomic E-state index is -1.28. The zero-order valence-corrected chi connectivity index (χ0v) is 14.6. The summed E-state index contributed by atoms with van der Waals surface area (Å²) < 4.78 is 15.3. The van der Waals surface area contributed by atoms with E-state index in [2.05, 4.69) is 9.97 Å². The average Bonchev–Trinajstić information content (AvgIpc) is 2.59. The summed E-state index contributed by atoms with van der Waals surface area (Å²) in [5.74, 6) is -1.16. The summed E-state index contributed by atoms with van der Waals surface area (Å²) in [6.45, 7) is 1.14. The lowest BCUT2D eigenvalue weighted by Gasteiger charge is -2.11. The Bertz CT molecular complexity index is 932. The number of aromatic nitrogens is 2. The number of carbonyl (C=O) groups is 1. The average molecular weight is 361 g/mol. The molecule has 0 saturated carbocycles.